The minimum absolute atomic E-state index is 0.678. The first kappa shape index (κ1) is 9.65. The molecule has 0 unspecified atom stereocenters. The molecule has 0 fully saturated rings. The highest BCUT2D eigenvalue weighted by atomic mass is 16.3. The first-order valence-electron chi connectivity index (χ1n) is 4.88. The molecule has 0 saturated carbocycles. The van der Waals surface area contributed by atoms with Crippen LogP contribution in [0, 0.1) is 6.92 Å². The minimum Gasteiger partial charge on any atom is -0.467 e. The summed E-state index contributed by atoms with van der Waals surface area (Å²) in [5.74, 6) is 0.914. The van der Waals surface area contributed by atoms with Crippen molar-refractivity contribution in [1.29, 1.82) is 0 Å². The van der Waals surface area contributed by atoms with Crippen LogP contribution in [-0.2, 0) is 6.54 Å². The molecule has 0 aliphatic heterocycles. The van der Waals surface area contributed by atoms with Crippen molar-refractivity contribution in [2.75, 3.05) is 11.1 Å². The number of hydrogen-bond acceptors (Lipinski definition) is 3. The monoisotopic (exact) mass is 202 g/mol. The van der Waals surface area contributed by atoms with Gasteiger partial charge in [0.15, 0.2) is 0 Å². The van der Waals surface area contributed by atoms with Gasteiger partial charge in [-0.05, 0) is 36.8 Å². The summed E-state index contributed by atoms with van der Waals surface area (Å²) in [5.41, 5.74) is 8.73. The highest BCUT2D eigenvalue weighted by Crippen LogP contribution is 2.20. The van der Waals surface area contributed by atoms with Crippen LogP contribution in [0.15, 0.2) is 41.0 Å². The van der Waals surface area contributed by atoms with E-state index in [0.717, 1.165) is 22.7 Å². The summed E-state index contributed by atoms with van der Waals surface area (Å²) < 4.78 is 5.23. The van der Waals surface area contributed by atoms with Crippen LogP contribution in [0.5, 0.6) is 0 Å². The number of furan rings is 1. The highest BCUT2D eigenvalue weighted by molar-refractivity contribution is 5.62. The Hall–Kier alpha value is -1.90. The van der Waals surface area contributed by atoms with E-state index in [1.54, 1.807) is 6.26 Å². The van der Waals surface area contributed by atoms with Crippen LogP contribution in [0.3, 0.4) is 0 Å². The second-order valence-electron chi connectivity index (χ2n) is 3.45. The van der Waals surface area contributed by atoms with Crippen molar-refractivity contribution in [3.63, 3.8) is 0 Å². The summed E-state index contributed by atoms with van der Waals surface area (Å²) >= 11 is 0. The zero-order chi connectivity index (χ0) is 10.7. The largest absolute Gasteiger partial charge is 0.467 e. The maximum Gasteiger partial charge on any atom is 0.122 e. The second-order valence-corrected chi connectivity index (χ2v) is 3.45. The van der Waals surface area contributed by atoms with Gasteiger partial charge in [0.25, 0.3) is 0 Å². The third-order valence-electron chi connectivity index (χ3n) is 2.41. The Morgan fingerprint density at radius 3 is 2.87 bits per heavy atom. The topological polar surface area (TPSA) is 51.2 Å². The van der Waals surface area contributed by atoms with Gasteiger partial charge >= 0.3 is 0 Å². The van der Waals surface area contributed by atoms with E-state index < -0.39 is 0 Å². The van der Waals surface area contributed by atoms with Crippen molar-refractivity contribution < 1.29 is 4.42 Å². The molecule has 0 spiro atoms. The average molecular weight is 202 g/mol. The summed E-state index contributed by atoms with van der Waals surface area (Å²) in [6.45, 7) is 2.68. The molecule has 0 saturated heterocycles. The van der Waals surface area contributed by atoms with Crippen molar-refractivity contribution in [3.8, 4) is 0 Å². The fourth-order valence-electron chi connectivity index (χ4n) is 1.44. The zero-order valence-electron chi connectivity index (χ0n) is 8.66. The first-order chi connectivity index (χ1) is 7.27. The number of benzene rings is 1. The Morgan fingerprint density at radius 1 is 1.27 bits per heavy atom. The summed E-state index contributed by atoms with van der Waals surface area (Å²) in [6.07, 6.45) is 1.67. The van der Waals surface area contributed by atoms with Crippen molar-refractivity contribution in [1.82, 2.24) is 0 Å². The SMILES string of the molecule is Cc1c(N)cccc1NCc1ccco1. The van der Waals surface area contributed by atoms with Crippen LogP contribution in [0.25, 0.3) is 0 Å². The lowest BCUT2D eigenvalue weighted by Gasteiger charge is -2.09. The normalized spacial score (nSPS) is 10.2. The van der Waals surface area contributed by atoms with Gasteiger partial charge in [0.2, 0.25) is 0 Å². The quantitative estimate of drug-likeness (QED) is 0.752. The summed E-state index contributed by atoms with van der Waals surface area (Å²) in [6, 6.07) is 9.66. The van der Waals surface area contributed by atoms with Crippen LogP contribution in [-0.4, -0.2) is 0 Å². The van der Waals surface area contributed by atoms with Crippen LogP contribution in [0.1, 0.15) is 11.3 Å². The molecule has 2 rings (SSSR count). The Kier molecular flexibility index (Phi) is 2.63. The van der Waals surface area contributed by atoms with Gasteiger partial charge in [-0.25, -0.2) is 0 Å². The van der Waals surface area contributed by atoms with Crippen molar-refractivity contribution in [3.05, 3.63) is 47.9 Å². The Morgan fingerprint density at radius 2 is 2.13 bits per heavy atom. The van der Waals surface area contributed by atoms with Gasteiger partial charge < -0.3 is 15.5 Å². The molecule has 15 heavy (non-hydrogen) atoms. The lowest BCUT2D eigenvalue weighted by atomic mass is 10.1. The van der Waals surface area contributed by atoms with E-state index in [2.05, 4.69) is 5.32 Å². The van der Waals surface area contributed by atoms with E-state index in [1.807, 2.05) is 37.3 Å². The second kappa shape index (κ2) is 4.09. The van der Waals surface area contributed by atoms with E-state index in [1.165, 1.54) is 0 Å². The third-order valence-corrected chi connectivity index (χ3v) is 2.41. The Labute approximate surface area is 88.9 Å². The molecule has 78 valence electrons. The number of nitrogen functional groups attached to an aromatic ring is 1. The number of nitrogens with two attached hydrogens (primary N) is 1. The Bertz CT molecular complexity index is 435. The highest BCUT2D eigenvalue weighted by Gasteiger charge is 2.01. The van der Waals surface area contributed by atoms with Crippen LogP contribution in [0.4, 0.5) is 11.4 Å². The maximum absolute atomic E-state index is 5.81. The zero-order valence-corrected chi connectivity index (χ0v) is 8.66. The van der Waals surface area contributed by atoms with Gasteiger partial charge in [0.05, 0.1) is 12.8 Å². The number of hydrogen-bond donors (Lipinski definition) is 2. The molecular weight excluding hydrogens is 188 g/mol. The maximum atomic E-state index is 5.81. The van der Waals surface area contributed by atoms with Crippen molar-refractivity contribution in [2.45, 2.75) is 13.5 Å². The number of rotatable bonds is 3. The average Bonchev–Trinajstić information content (AvgIpc) is 2.73. The van der Waals surface area contributed by atoms with Gasteiger partial charge in [-0.3, -0.25) is 0 Å². The molecule has 3 N–H and O–H groups in total. The molecule has 1 aromatic heterocycles. The van der Waals surface area contributed by atoms with E-state index in [4.69, 9.17) is 10.2 Å². The molecule has 2 aromatic rings. The molecule has 0 radical (unpaired) electrons. The third kappa shape index (κ3) is 2.13. The standard InChI is InChI=1S/C12H14N2O/c1-9-11(13)5-2-6-12(9)14-8-10-4-3-7-15-10/h2-7,14H,8,13H2,1H3. The van der Waals surface area contributed by atoms with Gasteiger partial charge in [0, 0.05) is 11.4 Å². The number of anilines is 2. The van der Waals surface area contributed by atoms with E-state index in [9.17, 15) is 0 Å². The van der Waals surface area contributed by atoms with Gasteiger partial charge in [-0.1, -0.05) is 6.07 Å². The fraction of sp³-hybridized carbons (Fsp3) is 0.167. The predicted octanol–water partition coefficient (Wildman–Crippen LogP) is 2.78. The molecule has 0 bridgehead atoms. The molecule has 0 aliphatic carbocycles. The predicted molar refractivity (Wildman–Crippen MR) is 61.6 cm³/mol. The van der Waals surface area contributed by atoms with Gasteiger partial charge in [0.1, 0.15) is 5.76 Å². The molecule has 1 heterocycles. The van der Waals surface area contributed by atoms with Crippen LogP contribution < -0.4 is 11.1 Å². The van der Waals surface area contributed by atoms with E-state index in [0.29, 0.717) is 6.54 Å². The summed E-state index contributed by atoms with van der Waals surface area (Å²) in [4.78, 5) is 0. The lowest BCUT2D eigenvalue weighted by Crippen LogP contribution is -2.01. The van der Waals surface area contributed by atoms with Crippen LogP contribution in [0.2, 0.25) is 0 Å². The summed E-state index contributed by atoms with van der Waals surface area (Å²) in [7, 11) is 0. The Balaban J connectivity index is 2.08. The molecule has 3 heteroatoms. The smallest absolute Gasteiger partial charge is 0.122 e. The molecule has 1 aromatic carbocycles. The van der Waals surface area contributed by atoms with Crippen molar-refractivity contribution >= 4 is 11.4 Å². The molecule has 0 atom stereocenters. The van der Waals surface area contributed by atoms with E-state index in [-0.39, 0.29) is 0 Å². The number of nitrogens with one attached hydrogen (secondary N) is 1. The van der Waals surface area contributed by atoms with Gasteiger partial charge in [-0.15, -0.1) is 0 Å². The lowest BCUT2D eigenvalue weighted by molar-refractivity contribution is 0.518. The summed E-state index contributed by atoms with van der Waals surface area (Å²) in [5, 5.41) is 3.28. The first-order valence-corrected chi connectivity index (χ1v) is 4.88. The molecule has 0 aliphatic rings. The fourth-order valence-corrected chi connectivity index (χ4v) is 1.44. The molecular formula is C12H14N2O. The van der Waals surface area contributed by atoms with Gasteiger partial charge in [-0.2, -0.15) is 0 Å². The van der Waals surface area contributed by atoms with Crippen LogP contribution >= 0.6 is 0 Å². The minimum atomic E-state index is 0.678. The molecule has 0 amide bonds. The van der Waals surface area contributed by atoms with Crippen molar-refractivity contribution in [2.24, 2.45) is 0 Å². The molecule has 3 nitrogen and oxygen atoms in total. The van der Waals surface area contributed by atoms with E-state index >= 15 is 0 Å².